The lowest BCUT2D eigenvalue weighted by molar-refractivity contribution is -0.0964. The number of fused-ring (bicyclic) bond motifs is 3. The van der Waals surface area contributed by atoms with E-state index < -0.39 is 11.7 Å². The fourth-order valence-electron chi connectivity index (χ4n) is 3.32. The van der Waals surface area contributed by atoms with Crippen molar-refractivity contribution in [2.75, 3.05) is 5.32 Å². The zero-order valence-corrected chi connectivity index (χ0v) is 17.2. The normalized spacial score (nSPS) is 16.5. The van der Waals surface area contributed by atoms with Crippen molar-refractivity contribution in [2.45, 2.75) is 31.1 Å². The number of carbonyl (C=O) groups excluding carboxylic acids is 1. The number of imidazole rings is 1. The van der Waals surface area contributed by atoms with Gasteiger partial charge in [-0.05, 0) is 58.7 Å². The van der Waals surface area contributed by atoms with Crippen molar-refractivity contribution in [3.8, 4) is 5.75 Å². The first kappa shape index (κ1) is 20.1. The van der Waals surface area contributed by atoms with E-state index in [1.54, 1.807) is 12.1 Å². The van der Waals surface area contributed by atoms with Gasteiger partial charge in [0, 0.05) is 33.7 Å². The summed E-state index contributed by atoms with van der Waals surface area (Å²) in [7, 11) is 0. The Kier molecular flexibility index (Phi) is 5.22. The summed E-state index contributed by atoms with van der Waals surface area (Å²) in [6.45, 7) is 0.464. The molecule has 4 rings (SSSR count). The molecule has 0 fully saturated rings. The van der Waals surface area contributed by atoms with Crippen molar-refractivity contribution >= 4 is 50.2 Å². The molecule has 6 nitrogen and oxygen atoms in total. The summed E-state index contributed by atoms with van der Waals surface area (Å²) in [6, 6.07) is 8.78. The number of nitrogens with one attached hydrogen (secondary N) is 1. The van der Waals surface area contributed by atoms with Gasteiger partial charge in [0.15, 0.2) is 0 Å². The van der Waals surface area contributed by atoms with Gasteiger partial charge in [0.2, 0.25) is 0 Å². The van der Waals surface area contributed by atoms with E-state index >= 15 is 0 Å². The van der Waals surface area contributed by atoms with Crippen LogP contribution in [0.15, 0.2) is 40.9 Å². The van der Waals surface area contributed by atoms with Crippen LogP contribution >= 0.6 is 27.5 Å². The highest BCUT2D eigenvalue weighted by atomic mass is 79.9. The molecule has 29 heavy (non-hydrogen) atoms. The van der Waals surface area contributed by atoms with Crippen molar-refractivity contribution in [1.82, 2.24) is 9.55 Å². The van der Waals surface area contributed by atoms with Gasteiger partial charge in [-0.15, -0.1) is 8.78 Å². The first-order chi connectivity index (χ1) is 13.7. The summed E-state index contributed by atoms with van der Waals surface area (Å²) in [5.41, 5.74) is -1.52. The molecular weight excluding hydrogens is 472 g/mol. The number of alkyl halides is 3. The van der Waals surface area contributed by atoms with Crippen molar-refractivity contribution in [3.05, 3.63) is 52.3 Å². The number of aryl methyl sites for hydroxylation is 1. The molecule has 2 aromatic carbocycles. The van der Waals surface area contributed by atoms with Crippen LogP contribution in [0.2, 0.25) is 0 Å². The molecule has 1 amide bonds. The number of hydrogen-bond acceptors (Lipinski definition) is 4. The van der Waals surface area contributed by atoms with Crippen LogP contribution in [-0.2, 0) is 13.0 Å². The maximum atomic E-state index is 12.7. The largest absolute Gasteiger partial charge is 0.487 e. The first-order valence-electron chi connectivity index (χ1n) is 8.73. The van der Waals surface area contributed by atoms with Gasteiger partial charge in [-0.3, -0.25) is 4.79 Å². The predicted molar refractivity (Wildman–Crippen MR) is 108 cm³/mol. The van der Waals surface area contributed by atoms with Crippen molar-refractivity contribution in [3.63, 3.8) is 0 Å². The topological polar surface area (TPSA) is 76.4 Å². The average Bonchev–Trinajstić information content (AvgIpc) is 3.00. The molecule has 152 valence electrons. The summed E-state index contributed by atoms with van der Waals surface area (Å²) in [6.07, 6.45) is 0.906. The Morgan fingerprint density at radius 3 is 2.76 bits per heavy atom. The van der Waals surface area contributed by atoms with E-state index in [1.165, 1.54) is 24.3 Å². The second-order valence-corrected chi connectivity index (χ2v) is 7.98. The molecule has 1 aliphatic rings. The maximum absolute atomic E-state index is 12.7. The van der Waals surface area contributed by atoms with E-state index in [-0.39, 0.29) is 11.7 Å². The number of anilines is 1. The Balaban J connectivity index is 1.56. The molecule has 1 atom stereocenters. The first-order valence-corrected chi connectivity index (χ1v) is 9.90. The van der Waals surface area contributed by atoms with E-state index in [2.05, 4.69) is 31.0 Å². The third-order valence-electron chi connectivity index (χ3n) is 4.58. The number of nitrogens with zero attached hydrogens (tertiary/aromatic N) is 2. The second-order valence-electron chi connectivity index (χ2n) is 6.68. The van der Waals surface area contributed by atoms with Gasteiger partial charge < -0.3 is 19.7 Å². The molecule has 0 spiro atoms. The van der Waals surface area contributed by atoms with Crippen LogP contribution in [0.3, 0.4) is 0 Å². The highest BCUT2D eigenvalue weighted by Crippen LogP contribution is 2.31. The van der Waals surface area contributed by atoms with Crippen LogP contribution in [0.5, 0.6) is 5.75 Å². The standard InChI is InChI=1S/C19H15BrClF2N3O3/c20-14-7-10(8-15-17(14)26-9-12(27)3-6-16(26)25-15)18(28)24-11-1-4-13(5-2-11)29-19(21,22)23/h1-2,4-5,7-8,12,27H,3,6,9H2,(H,24,28)/t12-/m0/s1. The van der Waals surface area contributed by atoms with Crippen molar-refractivity contribution in [1.29, 1.82) is 0 Å². The fourth-order valence-corrected chi connectivity index (χ4v) is 4.08. The quantitative estimate of drug-likeness (QED) is 0.532. The average molecular weight is 487 g/mol. The third-order valence-corrected chi connectivity index (χ3v) is 5.26. The molecule has 10 heteroatoms. The third kappa shape index (κ3) is 4.36. The molecule has 0 aliphatic carbocycles. The van der Waals surface area contributed by atoms with E-state index in [4.69, 9.17) is 11.6 Å². The van der Waals surface area contributed by atoms with Crippen LogP contribution in [0.25, 0.3) is 11.0 Å². The van der Waals surface area contributed by atoms with Crippen LogP contribution < -0.4 is 10.1 Å². The molecule has 2 heterocycles. The van der Waals surface area contributed by atoms with Crippen molar-refractivity contribution < 1.29 is 23.4 Å². The lowest BCUT2D eigenvalue weighted by Crippen LogP contribution is -2.24. The van der Waals surface area contributed by atoms with Crippen LogP contribution in [0.4, 0.5) is 14.5 Å². The summed E-state index contributed by atoms with van der Waals surface area (Å²) >= 11 is 8.22. The minimum Gasteiger partial charge on any atom is -0.420 e. The van der Waals surface area contributed by atoms with Gasteiger partial charge in [-0.1, -0.05) is 0 Å². The van der Waals surface area contributed by atoms with Gasteiger partial charge in [-0.2, -0.15) is 0 Å². The molecule has 0 unspecified atom stereocenters. The zero-order valence-electron chi connectivity index (χ0n) is 14.8. The SMILES string of the molecule is O=C(Nc1ccc(OC(F)(F)Cl)cc1)c1cc(Br)c2c(c1)nc1n2C[C@@H](O)CC1. The summed E-state index contributed by atoms with van der Waals surface area (Å²) in [4.78, 5) is 17.2. The lowest BCUT2D eigenvalue weighted by Gasteiger charge is -2.20. The van der Waals surface area contributed by atoms with Crippen LogP contribution in [0.1, 0.15) is 22.6 Å². The number of rotatable bonds is 4. The lowest BCUT2D eigenvalue weighted by atomic mass is 10.1. The summed E-state index contributed by atoms with van der Waals surface area (Å²) in [5.74, 6) is 0.364. The number of aliphatic hydroxyl groups excluding tert-OH is 1. The van der Waals surface area contributed by atoms with E-state index in [9.17, 15) is 18.7 Å². The summed E-state index contributed by atoms with van der Waals surface area (Å²) < 4.78 is 32.2. The summed E-state index contributed by atoms with van der Waals surface area (Å²) in [5, 5.41) is 12.6. The number of benzene rings is 2. The van der Waals surface area contributed by atoms with Gasteiger partial charge in [-0.25, -0.2) is 4.98 Å². The minimum atomic E-state index is -3.80. The second kappa shape index (κ2) is 7.55. The monoisotopic (exact) mass is 485 g/mol. The Morgan fingerprint density at radius 1 is 1.34 bits per heavy atom. The minimum absolute atomic E-state index is 0.127. The number of hydrogen-bond donors (Lipinski definition) is 2. The Morgan fingerprint density at radius 2 is 2.07 bits per heavy atom. The molecule has 1 aromatic heterocycles. The van der Waals surface area contributed by atoms with E-state index in [0.717, 1.165) is 11.3 Å². The van der Waals surface area contributed by atoms with E-state index in [1.807, 2.05) is 4.57 Å². The van der Waals surface area contributed by atoms with Gasteiger partial charge in [0.05, 0.1) is 23.7 Å². The molecule has 0 saturated carbocycles. The number of carbonyl (C=O) groups is 1. The van der Waals surface area contributed by atoms with Crippen molar-refractivity contribution in [2.24, 2.45) is 0 Å². The number of amides is 1. The molecule has 1 aliphatic heterocycles. The molecule has 0 bridgehead atoms. The molecule has 3 aromatic rings. The Hall–Kier alpha value is -2.23. The zero-order chi connectivity index (χ0) is 20.8. The Labute approximate surface area is 177 Å². The highest BCUT2D eigenvalue weighted by Gasteiger charge is 2.27. The van der Waals surface area contributed by atoms with Gasteiger partial charge in [0.25, 0.3) is 5.91 Å². The highest BCUT2D eigenvalue weighted by molar-refractivity contribution is 9.10. The van der Waals surface area contributed by atoms with E-state index in [0.29, 0.717) is 40.6 Å². The number of aliphatic hydroxyl groups is 1. The predicted octanol–water partition coefficient (Wildman–Crippen LogP) is 4.53. The van der Waals surface area contributed by atoms with Gasteiger partial charge >= 0.3 is 5.57 Å². The molecular formula is C19H15BrClF2N3O3. The maximum Gasteiger partial charge on any atom is 0.487 e. The van der Waals surface area contributed by atoms with Crippen LogP contribution in [0, 0.1) is 0 Å². The van der Waals surface area contributed by atoms with Gasteiger partial charge in [0.1, 0.15) is 11.6 Å². The smallest absolute Gasteiger partial charge is 0.420 e. The number of halogens is 4. The number of aromatic nitrogens is 2. The molecule has 0 saturated heterocycles. The molecule has 0 radical (unpaired) electrons. The van der Waals surface area contributed by atoms with Crippen LogP contribution in [-0.4, -0.2) is 32.2 Å². The fraction of sp³-hybridized carbons (Fsp3) is 0.263. The Bertz CT molecular complexity index is 1080. The molecule has 2 N–H and O–H groups in total. The number of ether oxygens (including phenoxy) is 1.